The van der Waals surface area contributed by atoms with Crippen molar-refractivity contribution in [3.63, 3.8) is 0 Å². The van der Waals surface area contributed by atoms with Gasteiger partial charge < -0.3 is 56.2 Å². The van der Waals surface area contributed by atoms with Crippen LogP contribution in [-0.2, 0) is 45.3 Å². The first kappa shape index (κ1) is 55.1. The first-order valence-corrected chi connectivity index (χ1v) is 25.7. The third kappa shape index (κ3) is 13.3. The van der Waals surface area contributed by atoms with Crippen LogP contribution in [0.2, 0.25) is 0 Å². The van der Waals surface area contributed by atoms with Crippen molar-refractivity contribution < 1.29 is 69.4 Å². The number of unbranched alkanes of at least 4 members (excludes halogenated alkanes) is 2. The van der Waals surface area contributed by atoms with Crippen LogP contribution in [0, 0.1) is 0 Å². The van der Waals surface area contributed by atoms with Crippen LogP contribution < -0.4 is 37.9 Å². The quantitative estimate of drug-likeness (QED) is 0.0281. The Hall–Kier alpha value is -6.20. The molecule has 0 radical (unpaired) electrons. The summed E-state index contributed by atoms with van der Waals surface area (Å²) in [6.07, 6.45) is 6.52. The second-order valence-electron chi connectivity index (χ2n) is 18.8. The number of methoxy groups -OCH3 is 8. The van der Waals surface area contributed by atoms with Crippen molar-refractivity contribution in [2.45, 2.75) is 68.3 Å². The first-order valence-electron chi connectivity index (χ1n) is 24.3. The number of carbonyl (C=O) groups is 1. The van der Waals surface area contributed by atoms with Gasteiger partial charge in [-0.3, -0.25) is 4.79 Å². The molecule has 0 fully saturated rings. The zero-order valence-corrected chi connectivity index (χ0v) is 44.4. The lowest BCUT2D eigenvalue weighted by Gasteiger charge is -2.46. The molecule has 0 bridgehead atoms. The van der Waals surface area contributed by atoms with Gasteiger partial charge in [0.15, 0.2) is 46.0 Å². The minimum Gasteiger partial charge on any atom is -0.744 e. The lowest BCUT2D eigenvalue weighted by molar-refractivity contribution is -0.941. The lowest BCUT2D eigenvalue weighted by Crippen LogP contribution is -2.53. The van der Waals surface area contributed by atoms with E-state index in [1.54, 1.807) is 62.9 Å². The standard InChI is InChI=1S/C50H68N2O10.C6H6O3S/c1-51(22-18-36-30-46(58-7)48(60-9)32-38(36)40(51)26-34-14-16-42(54-3)44(28-34)56-5)21-12-11-13-25-62-50(53)20-24-52(2)23-19-37-31-47(59-8)49(61-10)33-39(37)41(52)27-35-15-17-43(55-4)45(29-35)57-6;7-10(8,9)6-4-2-1-3-5-6/h14-17,28-33,40-41H,11-13,18-27H2,1-10H3;1-5H,(H,7,8,9)/q+2;/p-1/t40-,41-,51?,52?;/m1./s1. The number of benzene rings is 5. The van der Waals surface area contributed by atoms with E-state index < -0.39 is 10.1 Å². The van der Waals surface area contributed by atoms with Crippen LogP contribution in [0.1, 0.15) is 71.1 Å². The van der Waals surface area contributed by atoms with Crippen molar-refractivity contribution in [2.75, 3.05) is 104 Å². The van der Waals surface area contributed by atoms with E-state index in [1.165, 1.54) is 52.1 Å². The monoisotopic (exact) mass is 1010 g/mol. The maximum Gasteiger partial charge on any atom is 0.311 e. The second-order valence-corrected chi connectivity index (χ2v) is 20.2. The summed E-state index contributed by atoms with van der Waals surface area (Å²) in [6, 6.07) is 28.3. The van der Waals surface area contributed by atoms with Gasteiger partial charge in [-0.05, 0) is 102 Å². The number of rotatable bonds is 22. The molecule has 0 amide bonds. The predicted molar refractivity (Wildman–Crippen MR) is 274 cm³/mol. The Balaban J connectivity index is 0.000000755. The Morgan fingerprint density at radius 1 is 0.528 bits per heavy atom. The second kappa shape index (κ2) is 25.0. The van der Waals surface area contributed by atoms with Crippen molar-refractivity contribution >= 4 is 16.1 Å². The molecule has 0 saturated carbocycles. The van der Waals surface area contributed by atoms with Gasteiger partial charge in [0.05, 0.1) is 115 Å². The van der Waals surface area contributed by atoms with Gasteiger partial charge in [-0.15, -0.1) is 0 Å². The summed E-state index contributed by atoms with van der Waals surface area (Å²) >= 11 is 0. The Labute approximate surface area is 426 Å². The van der Waals surface area contributed by atoms with Crippen LogP contribution in [0.25, 0.3) is 0 Å². The van der Waals surface area contributed by atoms with Crippen LogP contribution in [-0.4, -0.2) is 132 Å². The molecular formula is C56H73N2O13S+. The van der Waals surface area contributed by atoms with E-state index in [1.807, 2.05) is 18.2 Å². The molecule has 0 aliphatic carbocycles. The van der Waals surface area contributed by atoms with Crippen molar-refractivity contribution in [1.29, 1.82) is 0 Å². The van der Waals surface area contributed by atoms with Gasteiger partial charge in [0.1, 0.15) is 22.2 Å². The third-order valence-electron chi connectivity index (χ3n) is 14.5. The van der Waals surface area contributed by atoms with E-state index in [9.17, 15) is 17.8 Å². The van der Waals surface area contributed by atoms with Crippen molar-refractivity contribution in [3.05, 3.63) is 124 Å². The van der Waals surface area contributed by atoms with Gasteiger partial charge in [0, 0.05) is 36.8 Å². The molecular weight excluding hydrogens is 941 g/mol. The van der Waals surface area contributed by atoms with Crippen LogP contribution in [0.15, 0.2) is 95.9 Å². The average molecular weight is 1010 g/mol. The van der Waals surface area contributed by atoms with Gasteiger partial charge in [0.2, 0.25) is 0 Å². The number of fused-ring (bicyclic) bond motifs is 2. The fraction of sp³-hybridized carbons (Fsp3) is 0.446. The minimum absolute atomic E-state index is 0.0643. The largest absolute Gasteiger partial charge is 0.744 e. The molecule has 0 spiro atoms. The first-order chi connectivity index (χ1) is 34.6. The van der Waals surface area contributed by atoms with Crippen LogP contribution >= 0.6 is 0 Å². The van der Waals surface area contributed by atoms with E-state index in [0.717, 1.165) is 103 Å². The van der Waals surface area contributed by atoms with E-state index in [2.05, 4.69) is 56.6 Å². The van der Waals surface area contributed by atoms with Gasteiger partial charge in [-0.2, -0.15) is 0 Å². The van der Waals surface area contributed by atoms with E-state index in [4.69, 9.17) is 42.6 Å². The zero-order chi connectivity index (χ0) is 52.1. The Morgan fingerprint density at radius 2 is 0.944 bits per heavy atom. The fourth-order valence-electron chi connectivity index (χ4n) is 10.3. The van der Waals surface area contributed by atoms with E-state index in [-0.39, 0.29) is 22.9 Å². The van der Waals surface area contributed by atoms with Crippen molar-refractivity contribution in [2.24, 2.45) is 0 Å². The molecule has 390 valence electrons. The molecule has 0 aromatic heterocycles. The molecule has 72 heavy (non-hydrogen) atoms. The molecule has 5 aromatic carbocycles. The maximum absolute atomic E-state index is 13.4. The molecule has 15 nitrogen and oxygen atoms in total. The highest BCUT2D eigenvalue weighted by atomic mass is 32.2. The van der Waals surface area contributed by atoms with Crippen LogP contribution in [0.4, 0.5) is 0 Å². The number of nitrogens with zero attached hydrogens (tertiary/aromatic N) is 2. The molecule has 16 heteroatoms. The fourth-order valence-corrected chi connectivity index (χ4v) is 10.8. The van der Waals surface area contributed by atoms with Gasteiger partial charge in [0.25, 0.3) is 0 Å². The molecule has 0 saturated heterocycles. The van der Waals surface area contributed by atoms with Crippen molar-refractivity contribution in [1.82, 2.24) is 0 Å². The molecule has 2 heterocycles. The number of hydrogen-bond donors (Lipinski definition) is 0. The molecule has 2 unspecified atom stereocenters. The number of likely N-dealkylation sites (N-methyl/N-ethyl adjacent to an activating group) is 2. The lowest BCUT2D eigenvalue weighted by atomic mass is 9.86. The van der Waals surface area contributed by atoms with Crippen molar-refractivity contribution in [3.8, 4) is 46.0 Å². The summed E-state index contributed by atoms with van der Waals surface area (Å²) in [7, 11) is 13.7. The molecule has 4 atom stereocenters. The van der Waals surface area contributed by atoms with Gasteiger partial charge in [-0.1, -0.05) is 30.3 Å². The average Bonchev–Trinajstić information content (AvgIpc) is 3.40. The Kier molecular flexibility index (Phi) is 19.1. The SMILES string of the molecule is COc1ccc(C[C@@H]2c3cc(OC)c(OC)cc3CC[N+]2(C)CCCCCOC(=O)CC[N+]2(C)CCc3cc(OC)c(OC)cc3[C@H]2Cc2ccc(OC)c(OC)c2)cc1OC.O=S(=O)([O-])c1ccccc1. The molecule has 5 aromatic rings. The number of hydrogen-bond acceptors (Lipinski definition) is 13. The third-order valence-corrected chi connectivity index (χ3v) is 15.3. The Bertz CT molecular complexity index is 2720. The highest BCUT2D eigenvalue weighted by Crippen LogP contribution is 2.45. The number of esters is 1. The highest BCUT2D eigenvalue weighted by molar-refractivity contribution is 7.85. The molecule has 7 rings (SSSR count). The van der Waals surface area contributed by atoms with E-state index in [0.29, 0.717) is 41.3 Å². The maximum atomic E-state index is 13.4. The highest BCUT2D eigenvalue weighted by Gasteiger charge is 2.42. The summed E-state index contributed by atoms with van der Waals surface area (Å²) in [6.45, 7) is 3.94. The van der Waals surface area contributed by atoms with Crippen LogP contribution in [0.5, 0.6) is 46.0 Å². The smallest absolute Gasteiger partial charge is 0.311 e. The van der Waals surface area contributed by atoms with Gasteiger partial charge in [-0.25, -0.2) is 8.42 Å². The van der Waals surface area contributed by atoms with Gasteiger partial charge >= 0.3 is 5.97 Å². The minimum atomic E-state index is -4.25. The molecule has 2 aliphatic rings. The zero-order valence-electron chi connectivity index (χ0n) is 43.6. The summed E-state index contributed by atoms with van der Waals surface area (Å²) in [5.41, 5.74) is 7.34. The number of quaternary nitrogens is 2. The molecule has 0 N–H and O–H groups in total. The van der Waals surface area contributed by atoms with E-state index >= 15 is 0 Å². The number of ether oxygens (including phenoxy) is 9. The molecule has 2 aliphatic heterocycles. The summed E-state index contributed by atoms with van der Waals surface area (Å²) in [5, 5.41) is 0. The summed E-state index contributed by atoms with van der Waals surface area (Å²) < 4.78 is 83.6. The normalized spacial score (nSPS) is 19.0. The summed E-state index contributed by atoms with van der Waals surface area (Å²) in [5.74, 6) is 5.61. The van der Waals surface area contributed by atoms with Crippen LogP contribution in [0.3, 0.4) is 0 Å². The number of carbonyl (C=O) groups excluding carboxylic acids is 1. The predicted octanol–water partition coefficient (Wildman–Crippen LogP) is 8.72. The summed E-state index contributed by atoms with van der Waals surface area (Å²) in [4.78, 5) is 13.2. The topological polar surface area (TPSA) is 157 Å². The Morgan fingerprint density at radius 3 is 1.36 bits per heavy atom.